The van der Waals surface area contributed by atoms with E-state index in [1.165, 1.54) is 45.3 Å². The van der Waals surface area contributed by atoms with E-state index in [4.69, 9.17) is 0 Å². The number of anilines is 2. The minimum Gasteiger partial charge on any atom is -0.389 e. The fourth-order valence-electron chi connectivity index (χ4n) is 4.63. The molecule has 0 spiro atoms. The summed E-state index contributed by atoms with van der Waals surface area (Å²) in [5.41, 5.74) is -3.63. The smallest absolute Gasteiger partial charge is 0.389 e. The van der Waals surface area contributed by atoms with Crippen molar-refractivity contribution in [2.24, 2.45) is 0 Å². The Morgan fingerprint density at radius 3 is 1.98 bits per heavy atom. The van der Waals surface area contributed by atoms with E-state index >= 15 is 0 Å². The number of pyridine rings is 1. The molecule has 12 heteroatoms. The maximum atomic E-state index is 13.9. The summed E-state index contributed by atoms with van der Waals surface area (Å²) in [5, 5.41) is 9.69. The molecule has 0 radical (unpaired) electrons. The van der Waals surface area contributed by atoms with Crippen molar-refractivity contribution in [1.82, 2.24) is 4.98 Å². The van der Waals surface area contributed by atoms with E-state index < -0.39 is 52.3 Å². The Morgan fingerprint density at radius 1 is 0.925 bits per heavy atom. The number of aliphatic hydroxyl groups is 1. The van der Waals surface area contributed by atoms with E-state index in [1.54, 1.807) is 17.9 Å². The van der Waals surface area contributed by atoms with Crippen LogP contribution in [0.2, 0.25) is 0 Å². The van der Waals surface area contributed by atoms with Crippen molar-refractivity contribution in [1.29, 1.82) is 0 Å². The lowest BCUT2D eigenvalue weighted by Crippen LogP contribution is -2.51. The number of alkyl halides is 6. The van der Waals surface area contributed by atoms with Crippen LogP contribution in [-0.2, 0) is 22.6 Å². The van der Waals surface area contributed by atoms with E-state index in [9.17, 15) is 40.6 Å². The normalized spacial score (nSPS) is 14.8. The van der Waals surface area contributed by atoms with Crippen LogP contribution in [0.15, 0.2) is 48.7 Å². The monoisotopic (exact) mass is 569 g/mol. The molecular weight excluding hydrogens is 543 g/mol. The molecule has 4 rings (SSSR count). The van der Waals surface area contributed by atoms with E-state index in [0.717, 1.165) is 4.90 Å². The number of halogens is 7. The molecule has 1 aliphatic heterocycles. The second kappa shape index (κ2) is 10.1. The summed E-state index contributed by atoms with van der Waals surface area (Å²) < 4.78 is 94.9. The minimum atomic E-state index is -5.07. The largest absolute Gasteiger partial charge is 0.416 e. The minimum absolute atomic E-state index is 0.0125. The summed E-state index contributed by atoms with van der Waals surface area (Å²) in [6.07, 6.45) is -9.31. The van der Waals surface area contributed by atoms with Crippen LogP contribution in [0.3, 0.4) is 0 Å². The van der Waals surface area contributed by atoms with Crippen LogP contribution in [0, 0.1) is 12.7 Å². The zero-order chi connectivity index (χ0) is 29.8. The van der Waals surface area contributed by atoms with E-state index in [1.807, 2.05) is 0 Å². The molecule has 0 atom stereocenters. The zero-order valence-corrected chi connectivity index (χ0v) is 22.0. The van der Waals surface area contributed by atoms with Gasteiger partial charge >= 0.3 is 12.4 Å². The lowest BCUT2D eigenvalue weighted by Gasteiger charge is -2.37. The number of benzene rings is 2. The van der Waals surface area contributed by atoms with Crippen molar-refractivity contribution < 1.29 is 40.6 Å². The topological polar surface area (TPSA) is 56.7 Å². The van der Waals surface area contributed by atoms with Crippen LogP contribution in [0.25, 0.3) is 11.1 Å². The van der Waals surface area contributed by atoms with Crippen LogP contribution in [0.5, 0.6) is 0 Å². The molecule has 1 aromatic heterocycles. The van der Waals surface area contributed by atoms with Crippen LogP contribution in [0.4, 0.5) is 42.2 Å². The number of aryl methyl sites for hydroxylation is 1. The summed E-state index contributed by atoms with van der Waals surface area (Å²) in [4.78, 5) is 21.0. The number of carbonyl (C=O) groups is 1. The third kappa shape index (κ3) is 5.63. The SMILES string of the molecule is Cc1cc(F)ccc1-c1cc(N2CC(O)C2)ncc1N(C)C(=O)C(C)(C)c1cc(C(F)(F)F)cc(C(F)(F)F)c1. The number of rotatable bonds is 5. The first kappa shape index (κ1) is 29.3. The predicted molar refractivity (Wildman–Crippen MR) is 135 cm³/mol. The van der Waals surface area contributed by atoms with Gasteiger partial charge in [-0.1, -0.05) is 6.07 Å². The summed E-state index contributed by atoms with van der Waals surface area (Å²) in [6.45, 7) is 4.80. The van der Waals surface area contributed by atoms with Gasteiger partial charge in [0.2, 0.25) is 5.91 Å². The number of aliphatic hydroxyl groups excluding tert-OH is 1. The fraction of sp³-hybridized carbons (Fsp3) is 0.357. The quantitative estimate of drug-likeness (QED) is 0.364. The van der Waals surface area contributed by atoms with Gasteiger partial charge in [-0.25, -0.2) is 9.37 Å². The molecule has 214 valence electrons. The second-order valence-corrected chi connectivity index (χ2v) is 10.4. The van der Waals surface area contributed by atoms with E-state index in [-0.39, 0.29) is 11.8 Å². The standard InChI is InChI=1S/C28H26F7N3O2/c1-15-7-19(29)5-6-21(15)22-11-24(38-13-20(39)14-38)36-12-23(22)37(4)25(40)26(2,3)16-8-17(27(30,31)32)10-18(9-16)28(33,34)35/h5-12,20,39H,13-14H2,1-4H3. The highest BCUT2D eigenvalue weighted by Crippen LogP contribution is 2.41. The lowest BCUT2D eigenvalue weighted by atomic mass is 9.81. The second-order valence-electron chi connectivity index (χ2n) is 10.4. The molecule has 0 saturated carbocycles. The molecule has 0 bridgehead atoms. The molecule has 1 saturated heterocycles. The molecule has 1 amide bonds. The Hall–Kier alpha value is -3.67. The van der Waals surface area contributed by atoms with E-state index in [0.29, 0.717) is 47.7 Å². The summed E-state index contributed by atoms with van der Waals surface area (Å²) >= 11 is 0. The third-order valence-electron chi connectivity index (χ3n) is 7.04. The molecule has 5 nitrogen and oxygen atoms in total. The number of β-amino-alcohol motifs (C(OH)–C–C–N with tert-alkyl or cyclic N) is 1. The van der Waals surface area contributed by atoms with Crippen LogP contribution < -0.4 is 9.80 Å². The van der Waals surface area contributed by atoms with Crippen molar-refractivity contribution in [2.75, 3.05) is 29.9 Å². The zero-order valence-electron chi connectivity index (χ0n) is 22.0. The maximum absolute atomic E-state index is 13.9. The Balaban J connectivity index is 1.81. The van der Waals surface area contributed by atoms with Gasteiger partial charge in [0.25, 0.3) is 0 Å². The van der Waals surface area contributed by atoms with Crippen molar-refractivity contribution in [3.05, 3.63) is 76.7 Å². The van der Waals surface area contributed by atoms with Gasteiger partial charge in [-0.05, 0) is 73.9 Å². The first-order valence-corrected chi connectivity index (χ1v) is 12.2. The van der Waals surface area contributed by atoms with Crippen molar-refractivity contribution in [3.8, 4) is 11.1 Å². The van der Waals surface area contributed by atoms with Gasteiger partial charge in [-0.15, -0.1) is 0 Å². The van der Waals surface area contributed by atoms with Gasteiger partial charge in [0.05, 0.1) is 34.5 Å². The molecular formula is C28H26F7N3O2. The maximum Gasteiger partial charge on any atom is 0.416 e. The highest BCUT2D eigenvalue weighted by molar-refractivity contribution is 6.03. The number of nitrogens with zero attached hydrogens (tertiary/aromatic N) is 3. The Labute approximate surface area is 225 Å². The number of hydrogen-bond donors (Lipinski definition) is 1. The first-order valence-electron chi connectivity index (χ1n) is 12.2. The Morgan fingerprint density at radius 2 is 1.48 bits per heavy atom. The van der Waals surface area contributed by atoms with Crippen LogP contribution in [0.1, 0.15) is 36.1 Å². The van der Waals surface area contributed by atoms with Crippen LogP contribution >= 0.6 is 0 Å². The fourth-order valence-corrected chi connectivity index (χ4v) is 4.63. The molecule has 1 fully saturated rings. The Kier molecular flexibility index (Phi) is 7.37. The molecule has 3 aromatic rings. The third-order valence-corrected chi connectivity index (χ3v) is 7.04. The van der Waals surface area contributed by atoms with Gasteiger partial charge in [0, 0.05) is 25.7 Å². The molecule has 0 unspecified atom stereocenters. The molecule has 40 heavy (non-hydrogen) atoms. The van der Waals surface area contributed by atoms with Crippen molar-refractivity contribution in [2.45, 2.75) is 44.6 Å². The molecule has 0 aliphatic carbocycles. The summed E-state index contributed by atoms with van der Waals surface area (Å²) in [6, 6.07) is 6.77. The summed E-state index contributed by atoms with van der Waals surface area (Å²) in [5.74, 6) is -0.811. The average Bonchev–Trinajstić information content (AvgIpc) is 2.84. The van der Waals surface area contributed by atoms with Crippen LogP contribution in [-0.4, -0.2) is 42.2 Å². The number of likely N-dealkylation sites (N-methyl/N-ethyl adjacent to an activating group) is 1. The number of hydrogen-bond acceptors (Lipinski definition) is 4. The van der Waals surface area contributed by atoms with Gasteiger partial charge in [-0.3, -0.25) is 4.79 Å². The van der Waals surface area contributed by atoms with E-state index in [2.05, 4.69) is 4.98 Å². The molecule has 1 aliphatic rings. The highest BCUT2D eigenvalue weighted by atomic mass is 19.4. The summed E-state index contributed by atoms with van der Waals surface area (Å²) in [7, 11) is 1.34. The van der Waals surface area contributed by atoms with Crippen molar-refractivity contribution >= 4 is 17.4 Å². The van der Waals surface area contributed by atoms with Gasteiger partial charge in [0.1, 0.15) is 11.6 Å². The first-order chi connectivity index (χ1) is 18.4. The Bertz CT molecular complexity index is 1410. The average molecular weight is 570 g/mol. The number of amides is 1. The molecule has 2 aromatic carbocycles. The van der Waals surface area contributed by atoms with Crippen molar-refractivity contribution in [3.63, 3.8) is 0 Å². The number of aromatic nitrogens is 1. The highest BCUT2D eigenvalue weighted by Gasteiger charge is 2.41. The predicted octanol–water partition coefficient (Wildman–Crippen LogP) is 6.36. The lowest BCUT2D eigenvalue weighted by molar-refractivity contribution is -0.143. The number of carbonyl (C=O) groups excluding carboxylic acids is 1. The van der Waals surface area contributed by atoms with Gasteiger partial charge in [-0.2, -0.15) is 26.3 Å². The molecule has 1 N–H and O–H groups in total. The van der Waals surface area contributed by atoms with Gasteiger partial charge < -0.3 is 14.9 Å². The molecule has 2 heterocycles. The van der Waals surface area contributed by atoms with Gasteiger partial charge in [0.15, 0.2) is 0 Å².